The van der Waals surface area contributed by atoms with Crippen molar-refractivity contribution in [2.24, 2.45) is 0 Å². The molecule has 0 aliphatic carbocycles. The fraction of sp³-hybridized carbons (Fsp3) is 0.111. The Balaban J connectivity index is 1.90. The molecule has 4 aromatic rings. The van der Waals surface area contributed by atoms with Gasteiger partial charge < -0.3 is 4.74 Å². The number of aromatic nitrogens is 2. The van der Waals surface area contributed by atoms with Crippen LogP contribution in [-0.2, 0) is 0 Å². The highest BCUT2D eigenvalue weighted by Gasteiger charge is 2.12. The first-order valence-electron chi connectivity index (χ1n) is 7.62. The van der Waals surface area contributed by atoms with Gasteiger partial charge in [-0.2, -0.15) is 0 Å². The van der Waals surface area contributed by atoms with E-state index in [0.29, 0.717) is 31.9 Å². The van der Waals surface area contributed by atoms with E-state index in [4.69, 9.17) is 27.9 Å². The van der Waals surface area contributed by atoms with Crippen LogP contribution < -0.4 is 14.8 Å². The highest BCUT2D eigenvalue weighted by atomic mass is 35.5. The molecule has 0 amide bonds. The quantitative estimate of drug-likeness (QED) is 0.527. The van der Waals surface area contributed by atoms with E-state index in [2.05, 4.69) is 4.98 Å². The number of imidazole rings is 1. The number of rotatable bonds is 3. The molecule has 0 atom stereocenters. The number of halogens is 2. The van der Waals surface area contributed by atoms with E-state index in [-0.39, 0.29) is 5.56 Å². The largest absolute Gasteiger partial charge is 0.491 e. The molecular weight excluding hydrogens is 379 g/mol. The summed E-state index contributed by atoms with van der Waals surface area (Å²) in [6.07, 6.45) is 1.77. The third kappa shape index (κ3) is 2.78. The molecule has 25 heavy (non-hydrogen) atoms. The van der Waals surface area contributed by atoms with Gasteiger partial charge >= 0.3 is 0 Å². The minimum absolute atomic E-state index is 0.102. The smallest absolute Gasteiger partial charge is 0.274 e. The number of para-hydroxylation sites is 2. The third-order valence-corrected chi connectivity index (χ3v) is 5.28. The van der Waals surface area contributed by atoms with E-state index in [9.17, 15) is 4.79 Å². The van der Waals surface area contributed by atoms with Gasteiger partial charge in [-0.05, 0) is 42.8 Å². The summed E-state index contributed by atoms with van der Waals surface area (Å²) in [6.45, 7) is 2.34. The maximum atomic E-state index is 12.8. The molecule has 0 spiro atoms. The Morgan fingerprint density at radius 3 is 2.68 bits per heavy atom. The minimum atomic E-state index is -0.102. The average Bonchev–Trinajstić information content (AvgIpc) is 3.08. The summed E-state index contributed by atoms with van der Waals surface area (Å²) in [5.41, 5.74) is 2.25. The van der Waals surface area contributed by atoms with Crippen LogP contribution >= 0.6 is 34.5 Å². The summed E-state index contributed by atoms with van der Waals surface area (Å²) in [7, 11) is 0. The lowest BCUT2D eigenvalue weighted by molar-refractivity contribution is 0.340. The van der Waals surface area contributed by atoms with Crippen molar-refractivity contribution in [3.63, 3.8) is 0 Å². The molecule has 4 rings (SSSR count). The standard InChI is InChI=1S/C18H12Cl2N2O2S/c1-2-24-16-11(19)7-10(8-12(16)20)9-15-17(23)22-14-6-4-3-5-13(14)21-18(22)25-15/h3-9H,2H2,1H3. The summed E-state index contributed by atoms with van der Waals surface area (Å²) < 4.78 is 7.63. The van der Waals surface area contributed by atoms with E-state index in [0.717, 1.165) is 16.6 Å². The van der Waals surface area contributed by atoms with Crippen molar-refractivity contribution >= 4 is 56.6 Å². The zero-order valence-electron chi connectivity index (χ0n) is 13.1. The molecular formula is C18H12Cl2N2O2S. The van der Waals surface area contributed by atoms with E-state index in [1.807, 2.05) is 31.2 Å². The molecule has 0 radical (unpaired) electrons. The van der Waals surface area contributed by atoms with Crippen molar-refractivity contribution in [1.29, 1.82) is 0 Å². The van der Waals surface area contributed by atoms with Gasteiger partial charge in [0.25, 0.3) is 5.56 Å². The Kier molecular flexibility index (Phi) is 4.15. The number of ether oxygens (including phenoxy) is 1. The van der Waals surface area contributed by atoms with E-state index in [1.54, 1.807) is 22.6 Å². The lowest BCUT2D eigenvalue weighted by Gasteiger charge is -2.08. The third-order valence-electron chi connectivity index (χ3n) is 3.75. The first kappa shape index (κ1) is 16.4. The molecule has 2 aromatic carbocycles. The van der Waals surface area contributed by atoms with Gasteiger partial charge in [-0.1, -0.05) is 46.7 Å². The number of hydrogen-bond acceptors (Lipinski definition) is 4. The molecule has 2 aromatic heterocycles. The number of nitrogens with zero attached hydrogens (tertiary/aromatic N) is 2. The van der Waals surface area contributed by atoms with Gasteiger partial charge in [0.15, 0.2) is 10.7 Å². The fourth-order valence-electron chi connectivity index (χ4n) is 2.71. The second kappa shape index (κ2) is 6.33. The number of fused-ring (bicyclic) bond motifs is 3. The van der Waals surface area contributed by atoms with Crippen molar-refractivity contribution in [3.8, 4) is 5.75 Å². The topological polar surface area (TPSA) is 43.6 Å². The first-order valence-corrected chi connectivity index (χ1v) is 9.19. The van der Waals surface area contributed by atoms with Crippen LogP contribution in [0.1, 0.15) is 12.5 Å². The van der Waals surface area contributed by atoms with Crippen LogP contribution in [0.3, 0.4) is 0 Å². The van der Waals surface area contributed by atoms with Gasteiger partial charge in [0.1, 0.15) is 0 Å². The summed E-state index contributed by atoms with van der Waals surface area (Å²) in [5, 5.41) is 0.833. The van der Waals surface area contributed by atoms with E-state index < -0.39 is 0 Å². The Morgan fingerprint density at radius 2 is 1.96 bits per heavy atom. The molecule has 0 fully saturated rings. The molecule has 7 heteroatoms. The van der Waals surface area contributed by atoms with Crippen molar-refractivity contribution in [1.82, 2.24) is 9.38 Å². The maximum Gasteiger partial charge on any atom is 0.274 e. The Morgan fingerprint density at radius 1 is 1.24 bits per heavy atom. The normalized spacial score (nSPS) is 12.4. The number of benzene rings is 2. The predicted octanol–water partition coefficient (Wildman–Crippen LogP) is 4.16. The Labute approximate surface area is 156 Å². The molecule has 0 saturated carbocycles. The van der Waals surface area contributed by atoms with Crippen LogP contribution in [0, 0.1) is 0 Å². The first-order chi connectivity index (χ1) is 12.1. The maximum absolute atomic E-state index is 12.8. The van der Waals surface area contributed by atoms with Crippen molar-refractivity contribution in [2.75, 3.05) is 6.61 Å². The Hall–Kier alpha value is -2.08. The number of thiazole rings is 1. The zero-order valence-corrected chi connectivity index (χ0v) is 15.5. The molecule has 0 bridgehead atoms. The number of hydrogen-bond donors (Lipinski definition) is 0. The van der Waals surface area contributed by atoms with Crippen LogP contribution in [0.5, 0.6) is 5.75 Å². The van der Waals surface area contributed by atoms with Crippen LogP contribution in [0.4, 0.5) is 0 Å². The van der Waals surface area contributed by atoms with Gasteiger partial charge in [-0.3, -0.25) is 4.79 Å². The summed E-state index contributed by atoms with van der Waals surface area (Å²) >= 11 is 13.8. The van der Waals surface area contributed by atoms with Crippen molar-refractivity contribution in [2.45, 2.75) is 6.92 Å². The fourth-order valence-corrected chi connectivity index (χ4v) is 4.31. The molecule has 126 valence electrons. The minimum Gasteiger partial charge on any atom is -0.491 e. The summed E-state index contributed by atoms with van der Waals surface area (Å²) in [6, 6.07) is 11.0. The van der Waals surface area contributed by atoms with Gasteiger partial charge in [0.05, 0.1) is 32.2 Å². The average molecular weight is 391 g/mol. The SMILES string of the molecule is CCOc1c(Cl)cc(C=c2sc3nc4ccccc4n3c2=O)cc1Cl. The van der Waals surface area contributed by atoms with Crippen molar-refractivity contribution in [3.05, 3.63) is 66.9 Å². The predicted molar refractivity (Wildman–Crippen MR) is 103 cm³/mol. The molecule has 0 N–H and O–H groups in total. The summed E-state index contributed by atoms with van der Waals surface area (Å²) in [5.74, 6) is 0.456. The van der Waals surface area contributed by atoms with Gasteiger partial charge in [0, 0.05) is 0 Å². The zero-order chi connectivity index (χ0) is 17.6. The second-order valence-corrected chi connectivity index (χ2v) is 7.20. The monoisotopic (exact) mass is 390 g/mol. The summed E-state index contributed by atoms with van der Waals surface area (Å²) in [4.78, 5) is 17.9. The molecule has 0 aliphatic heterocycles. The van der Waals surface area contributed by atoms with Gasteiger partial charge in [0.2, 0.25) is 0 Å². The lowest BCUT2D eigenvalue weighted by Crippen LogP contribution is -2.22. The molecule has 0 saturated heterocycles. The van der Waals surface area contributed by atoms with Crippen LogP contribution in [0.15, 0.2) is 41.2 Å². The molecule has 2 heterocycles. The molecule has 0 unspecified atom stereocenters. The second-order valence-electron chi connectivity index (χ2n) is 5.38. The molecule has 0 aliphatic rings. The lowest BCUT2D eigenvalue weighted by atomic mass is 10.2. The highest BCUT2D eigenvalue weighted by Crippen LogP contribution is 2.34. The molecule has 4 nitrogen and oxygen atoms in total. The highest BCUT2D eigenvalue weighted by molar-refractivity contribution is 7.15. The van der Waals surface area contributed by atoms with Gasteiger partial charge in [-0.15, -0.1) is 0 Å². The van der Waals surface area contributed by atoms with Crippen LogP contribution in [-0.4, -0.2) is 16.0 Å². The van der Waals surface area contributed by atoms with Crippen LogP contribution in [0.25, 0.3) is 22.1 Å². The van der Waals surface area contributed by atoms with Crippen molar-refractivity contribution < 1.29 is 4.74 Å². The van der Waals surface area contributed by atoms with Crippen LogP contribution in [0.2, 0.25) is 10.0 Å². The van der Waals surface area contributed by atoms with Gasteiger partial charge in [-0.25, -0.2) is 9.38 Å². The van der Waals surface area contributed by atoms with E-state index >= 15 is 0 Å². The van der Waals surface area contributed by atoms with E-state index in [1.165, 1.54) is 11.3 Å². The Bertz CT molecular complexity index is 1190.